The Bertz CT molecular complexity index is 851. The Kier molecular flexibility index (Phi) is 5.67. The molecule has 0 saturated carbocycles. The van der Waals surface area contributed by atoms with Gasteiger partial charge in [-0.3, -0.25) is 4.79 Å². The Morgan fingerprint density at radius 1 is 1.20 bits per heavy atom. The molecule has 0 aliphatic heterocycles. The Labute approximate surface area is 157 Å². The van der Waals surface area contributed by atoms with Crippen LogP contribution in [0.15, 0.2) is 58.5 Å². The normalized spacial score (nSPS) is 10.3. The predicted octanol–water partition coefficient (Wildman–Crippen LogP) is 4.64. The van der Waals surface area contributed by atoms with E-state index in [1.165, 1.54) is 11.3 Å². The van der Waals surface area contributed by atoms with Gasteiger partial charge in [-0.1, -0.05) is 23.5 Å². The summed E-state index contributed by atoms with van der Waals surface area (Å²) >= 11 is 4.82. The van der Waals surface area contributed by atoms with Gasteiger partial charge in [0.15, 0.2) is 0 Å². The number of hydrogen-bond acceptors (Lipinski definition) is 5. The molecule has 3 rings (SSSR count). The molecule has 0 bridgehead atoms. The number of aromatic nitrogens is 1. The van der Waals surface area contributed by atoms with E-state index in [-0.39, 0.29) is 5.91 Å². The van der Waals surface area contributed by atoms with Gasteiger partial charge in [0.2, 0.25) is 0 Å². The lowest BCUT2D eigenvalue weighted by molar-refractivity contribution is 0.0950. The van der Waals surface area contributed by atoms with Crippen molar-refractivity contribution in [2.24, 2.45) is 0 Å². The average molecular weight is 419 g/mol. The Hall–Kier alpha value is -2.38. The number of rotatable bonds is 6. The molecule has 0 radical (unpaired) electrons. The molecule has 1 heterocycles. The summed E-state index contributed by atoms with van der Waals surface area (Å²) in [6.45, 7) is 0.417. The van der Waals surface area contributed by atoms with E-state index in [9.17, 15) is 4.79 Å². The number of benzene rings is 2. The molecule has 128 valence electrons. The molecular weight excluding hydrogens is 404 g/mol. The topological polar surface area (TPSA) is 60.5 Å². The van der Waals surface area contributed by atoms with E-state index in [4.69, 9.17) is 9.47 Å². The van der Waals surface area contributed by atoms with Crippen LogP contribution in [-0.4, -0.2) is 18.0 Å². The Morgan fingerprint density at radius 3 is 2.64 bits per heavy atom. The number of carbonyl (C=O) groups excluding carboxylic acids is 1. The molecule has 2 aromatic carbocycles. The van der Waals surface area contributed by atoms with Crippen molar-refractivity contribution in [2.75, 3.05) is 7.11 Å². The van der Waals surface area contributed by atoms with Gasteiger partial charge in [-0.15, -0.1) is 0 Å². The Morgan fingerprint density at radius 2 is 1.96 bits per heavy atom. The van der Waals surface area contributed by atoms with E-state index in [2.05, 4.69) is 26.2 Å². The number of halogens is 1. The van der Waals surface area contributed by atoms with E-state index in [0.29, 0.717) is 28.8 Å². The third-order valence-corrected chi connectivity index (χ3v) is 4.75. The molecule has 1 N–H and O–H groups in total. The fraction of sp³-hybridized carbons (Fsp3) is 0.111. The van der Waals surface area contributed by atoms with Crippen LogP contribution in [0.3, 0.4) is 0 Å². The second-order valence-corrected chi connectivity index (χ2v) is 6.78. The van der Waals surface area contributed by atoms with Gasteiger partial charge in [0.05, 0.1) is 12.7 Å². The highest BCUT2D eigenvalue weighted by atomic mass is 79.9. The highest BCUT2D eigenvalue weighted by Crippen LogP contribution is 2.24. The van der Waals surface area contributed by atoms with Crippen molar-refractivity contribution in [3.63, 3.8) is 0 Å². The maximum Gasteiger partial charge on any atom is 0.278 e. The summed E-state index contributed by atoms with van der Waals surface area (Å²) in [6, 6.07) is 12.8. The third-order valence-electron chi connectivity index (χ3n) is 3.41. The van der Waals surface area contributed by atoms with Crippen LogP contribution in [0.2, 0.25) is 0 Å². The highest BCUT2D eigenvalue weighted by molar-refractivity contribution is 9.10. The molecule has 5 nitrogen and oxygen atoms in total. The number of nitrogens with one attached hydrogen (secondary N) is 1. The molecule has 1 amide bonds. The van der Waals surface area contributed by atoms with Gasteiger partial charge >= 0.3 is 0 Å². The predicted molar refractivity (Wildman–Crippen MR) is 100 cm³/mol. The van der Waals surface area contributed by atoms with Crippen LogP contribution in [0.4, 0.5) is 0 Å². The minimum atomic E-state index is -0.172. The molecule has 0 saturated heterocycles. The van der Waals surface area contributed by atoms with Crippen LogP contribution in [0.5, 0.6) is 16.7 Å². The standard InChI is InChI=1S/C18H15BrN2O3S/c1-23-14-6-7-16(19)15(10-14)17(22)21-11-12-2-4-13(5-3-12)24-18-20-8-9-25-18/h2-10H,11H2,1H3,(H,21,22). The first-order valence-electron chi connectivity index (χ1n) is 7.44. The van der Waals surface area contributed by atoms with Crippen LogP contribution < -0.4 is 14.8 Å². The average Bonchev–Trinajstić information content (AvgIpc) is 3.14. The maximum atomic E-state index is 12.4. The fourth-order valence-electron chi connectivity index (χ4n) is 2.12. The minimum Gasteiger partial charge on any atom is -0.497 e. The zero-order chi connectivity index (χ0) is 17.6. The van der Waals surface area contributed by atoms with Gasteiger partial charge in [-0.05, 0) is 51.8 Å². The number of methoxy groups -OCH3 is 1. The van der Waals surface area contributed by atoms with Gasteiger partial charge in [0.1, 0.15) is 11.5 Å². The van der Waals surface area contributed by atoms with E-state index in [1.807, 2.05) is 29.6 Å². The number of amides is 1. The summed E-state index contributed by atoms with van der Waals surface area (Å²) in [4.78, 5) is 16.4. The molecule has 25 heavy (non-hydrogen) atoms. The maximum absolute atomic E-state index is 12.4. The lowest BCUT2D eigenvalue weighted by atomic mass is 10.2. The quantitative estimate of drug-likeness (QED) is 0.633. The molecule has 0 unspecified atom stereocenters. The molecule has 0 fully saturated rings. The second-order valence-electron chi connectivity index (χ2n) is 5.07. The molecule has 0 aliphatic rings. The zero-order valence-corrected chi connectivity index (χ0v) is 15.8. The first-order valence-corrected chi connectivity index (χ1v) is 9.11. The molecule has 0 spiro atoms. The van der Waals surface area contributed by atoms with Crippen molar-refractivity contribution >= 4 is 33.2 Å². The highest BCUT2D eigenvalue weighted by Gasteiger charge is 2.11. The molecule has 1 aromatic heterocycles. The Balaban J connectivity index is 1.60. The van der Waals surface area contributed by atoms with Crippen molar-refractivity contribution in [3.05, 3.63) is 69.6 Å². The van der Waals surface area contributed by atoms with Crippen LogP contribution in [0.1, 0.15) is 15.9 Å². The first kappa shape index (κ1) is 17.4. The van der Waals surface area contributed by atoms with E-state index in [1.54, 1.807) is 31.5 Å². The largest absolute Gasteiger partial charge is 0.497 e. The molecule has 3 aromatic rings. The number of carbonyl (C=O) groups is 1. The summed E-state index contributed by atoms with van der Waals surface area (Å²) in [5, 5.41) is 5.35. The SMILES string of the molecule is COc1ccc(Br)c(C(=O)NCc2ccc(Oc3nccs3)cc2)c1. The summed E-state index contributed by atoms with van der Waals surface area (Å²) in [7, 11) is 1.57. The van der Waals surface area contributed by atoms with E-state index in [0.717, 1.165) is 10.0 Å². The van der Waals surface area contributed by atoms with Gasteiger partial charge in [-0.25, -0.2) is 4.98 Å². The van der Waals surface area contributed by atoms with Crippen molar-refractivity contribution in [1.29, 1.82) is 0 Å². The molecule has 7 heteroatoms. The zero-order valence-electron chi connectivity index (χ0n) is 13.4. The summed E-state index contributed by atoms with van der Waals surface area (Å²) in [5.74, 6) is 1.17. The van der Waals surface area contributed by atoms with Crippen LogP contribution in [0.25, 0.3) is 0 Å². The summed E-state index contributed by atoms with van der Waals surface area (Å²) < 4.78 is 11.5. The molecule has 0 aliphatic carbocycles. The van der Waals surface area contributed by atoms with Gasteiger partial charge in [-0.2, -0.15) is 0 Å². The monoisotopic (exact) mass is 418 g/mol. The number of ether oxygens (including phenoxy) is 2. The molecular formula is C18H15BrN2O3S. The smallest absolute Gasteiger partial charge is 0.278 e. The number of thiazole rings is 1. The third kappa shape index (κ3) is 4.58. The van der Waals surface area contributed by atoms with Crippen LogP contribution in [0, 0.1) is 0 Å². The molecule has 0 atom stereocenters. The van der Waals surface area contributed by atoms with Gasteiger partial charge in [0, 0.05) is 22.6 Å². The van der Waals surface area contributed by atoms with E-state index >= 15 is 0 Å². The first-order chi connectivity index (χ1) is 12.2. The summed E-state index contributed by atoms with van der Waals surface area (Å²) in [6.07, 6.45) is 1.70. The fourth-order valence-corrected chi connectivity index (χ4v) is 3.05. The van der Waals surface area contributed by atoms with Crippen molar-refractivity contribution in [1.82, 2.24) is 10.3 Å². The summed E-state index contributed by atoms with van der Waals surface area (Å²) in [5.41, 5.74) is 1.50. The van der Waals surface area contributed by atoms with Crippen molar-refractivity contribution in [2.45, 2.75) is 6.54 Å². The van der Waals surface area contributed by atoms with Gasteiger partial charge < -0.3 is 14.8 Å². The minimum absolute atomic E-state index is 0.172. The number of hydrogen-bond donors (Lipinski definition) is 1. The van der Waals surface area contributed by atoms with Gasteiger partial charge in [0.25, 0.3) is 11.1 Å². The van der Waals surface area contributed by atoms with E-state index < -0.39 is 0 Å². The van der Waals surface area contributed by atoms with Crippen LogP contribution >= 0.6 is 27.3 Å². The van der Waals surface area contributed by atoms with Crippen molar-refractivity contribution < 1.29 is 14.3 Å². The lowest BCUT2D eigenvalue weighted by Crippen LogP contribution is -2.23. The second kappa shape index (κ2) is 8.13. The van der Waals surface area contributed by atoms with Crippen LogP contribution in [-0.2, 0) is 6.54 Å². The lowest BCUT2D eigenvalue weighted by Gasteiger charge is -2.09. The number of nitrogens with zero attached hydrogens (tertiary/aromatic N) is 1. The van der Waals surface area contributed by atoms with Crippen molar-refractivity contribution in [3.8, 4) is 16.7 Å².